The van der Waals surface area contributed by atoms with Crippen LogP contribution in [0.5, 0.6) is 0 Å². The molecule has 0 bridgehead atoms. The van der Waals surface area contributed by atoms with Crippen LogP contribution in [0.25, 0.3) is 0 Å². The molecule has 0 saturated heterocycles. The normalized spacial score (nSPS) is 15.2. The molecule has 0 aliphatic rings. The SMILES string of the molecule is CCCC(N)C(CC)Sc1ncnn1C. The van der Waals surface area contributed by atoms with Gasteiger partial charge in [-0.15, -0.1) is 0 Å². The Bertz CT molecular complexity index is 287. The van der Waals surface area contributed by atoms with Crippen LogP contribution in [0, 0.1) is 0 Å². The number of rotatable bonds is 6. The number of hydrogen-bond donors (Lipinski definition) is 1. The number of nitrogens with two attached hydrogens (primary N) is 1. The van der Waals surface area contributed by atoms with Crippen LogP contribution in [0.15, 0.2) is 11.5 Å². The third-order valence-electron chi connectivity index (χ3n) is 2.43. The maximum atomic E-state index is 6.13. The van der Waals surface area contributed by atoms with Crippen LogP contribution in [0.4, 0.5) is 0 Å². The van der Waals surface area contributed by atoms with E-state index < -0.39 is 0 Å². The minimum absolute atomic E-state index is 0.252. The predicted octanol–water partition coefficient (Wildman–Crippen LogP) is 1.81. The molecule has 0 radical (unpaired) electrons. The largest absolute Gasteiger partial charge is 0.327 e. The van der Waals surface area contributed by atoms with Gasteiger partial charge in [0.1, 0.15) is 6.33 Å². The summed E-state index contributed by atoms with van der Waals surface area (Å²) in [6, 6.07) is 0.252. The van der Waals surface area contributed by atoms with Gasteiger partial charge in [0.25, 0.3) is 0 Å². The zero-order valence-corrected chi connectivity index (χ0v) is 10.5. The summed E-state index contributed by atoms with van der Waals surface area (Å²) in [6.07, 6.45) is 4.86. The zero-order valence-electron chi connectivity index (χ0n) is 9.68. The van der Waals surface area contributed by atoms with Gasteiger partial charge < -0.3 is 5.73 Å². The lowest BCUT2D eigenvalue weighted by Gasteiger charge is -2.20. The number of aromatic nitrogens is 3. The highest BCUT2D eigenvalue weighted by molar-refractivity contribution is 7.99. The third kappa shape index (κ3) is 3.50. The zero-order chi connectivity index (χ0) is 11.3. The molecule has 15 heavy (non-hydrogen) atoms. The van der Waals surface area contributed by atoms with Gasteiger partial charge in [-0.1, -0.05) is 32.0 Å². The van der Waals surface area contributed by atoms with Crippen LogP contribution < -0.4 is 5.73 Å². The average Bonchev–Trinajstić information content (AvgIpc) is 2.61. The van der Waals surface area contributed by atoms with E-state index in [9.17, 15) is 0 Å². The van der Waals surface area contributed by atoms with Gasteiger partial charge in [-0.3, -0.25) is 0 Å². The molecule has 4 nitrogen and oxygen atoms in total. The minimum atomic E-state index is 0.252. The second-order valence-electron chi connectivity index (χ2n) is 3.68. The highest BCUT2D eigenvalue weighted by atomic mass is 32.2. The van der Waals surface area contributed by atoms with Crippen molar-refractivity contribution in [3.63, 3.8) is 0 Å². The second-order valence-corrected chi connectivity index (χ2v) is 4.89. The van der Waals surface area contributed by atoms with Gasteiger partial charge in [-0.25, -0.2) is 9.67 Å². The summed E-state index contributed by atoms with van der Waals surface area (Å²) in [4.78, 5) is 4.21. The number of aryl methyl sites for hydroxylation is 1. The molecule has 1 aromatic heterocycles. The maximum Gasteiger partial charge on any atom is 0.186 e. The van der Waals surface area contributed by atoms with Crippen molar-refractivity contribution >= 4 is 11.8 Å². The lowest BCUT2D eigenvalue weighted by atomic mass is 10.1. The highest BCUT2D eigenvalue weighted by Crippen LogP contribution is 2.25. The van der Waals surface area contributed by atoms with Crippen molar-refractivity contribution < 1.29 is 0 Å². The van der Waals surface area contributed by atoms with Gasteiger partial charge in [-0.2, -0.15) is 5.10 Å². The molecule has 2 N–H and O–H groups in total. The van der Waals surface area contributed by atoms with Crippen LogP contribution in [0.1, 0.15) is 33.1 Å². The molecule has 0 fully saturated rings. The molecule has 0 aliphatic heterocycles. The van der Waals surface area contributed by atoms with E-state index in [1.807, 2.05) is 7.05 Å². The lowest BCUT2D eigenvalue weighted by molar-refractivity contribution is 0.563. The van der Waals surface area contributed by atoms with E-state index in [-0.39, 0.29) is 6.04 Å². The van der Waals surface area contributed by atoms with Gasteiger partial charge in [0.15, 0.2) is 5.16 Å². The molecule has 0 saturated carbocycles. The van der Waals surface area contributed by atoms with Crippen LogP contribution in [-0.2, 0) is 7.05 Å². The van der Waals surface area contributed by atoms with E-state index >= 15 is 0 Å². The first kappa shape index (κ1) is 12.5. The van der Waals surface area contributed by atoms with E-state index in [2.05, 4.69) is 23.9 Å². The molecule has 1 rings (SSSR count). The summed E-state index contributed by atoms with van der Waals surface area (Å²) >= 11 is 1.73. The van der Waals surface area contributed by atoms with E-state index in [1.54, 1.807) is 22.8 Å². The minimum Gasteiger partial charge on any atom is -0.327 e. The van der Waals surface area contributed by atoms with Gasteiger partial charge in [0, 0.05) is 18.3 Å². The fraction of sp³-hybridized carbons (Fsp3) is 0.800. The molecule has 1 heterocycles. The highest BCUT2D eigenvalue weighted by Gasteiger charge is 2.18. The van der Waals surface area contributed by atoms with Gasteiger partial charge in [0.05, 0.1) is 0 Å². The molecule has 0 aliphatic carbocycles. The number of hydrogen-bond acceptors (Lipinski definition) is 4. The molecule has 5 heteroatoms. The van der Waals surface area contributed by atoms with Crippen molar-refractivity contribution in [2.45, 2.75) is 49.6 Å². The Morgan fingerprint density at radius 3 is 2.73 bits per heavy atom. The fourth-order valence-corrected chi connectivity index (χ4v) is 2.58. The van der Waals surface area contributed by atoms with Crippen molar-refractivity contribution in [2.75, 3.05) is 0 Å². The van der Waals surface area contributed by atoms with Gasteiger partial charge in [0.2, 0.25) is 0 Å². The Balaban J connectivity index is 2.57. The molecular weight excluding hydrogens is 208 g/mol. The average molecular weight is 228 g/mol. The summed E-state index contributed by atoms with van der Waals surface area (Å²) in [5.74, 6) is 0. The smallest absolute Gasteiger partial charge is 0.186 e. The van der Waals surface area contributed by atoms with Crippen molar-refractivity contribution in [3.05, 3.63) is 6.33 Å². The molecule has 0 aromatic carbocycles. The van der Waals surface area contributed by atoms with E-state index in [1.165, 1.54) is 0 Å². The number of nitrogens with zero attached hydrogens (tertiary/aromatic N) is 3. The molecular formula is C10H20N4S. The van der Waals surface area contributed by atoms with Gasteiger partial charge in [-0.05, 0) is 12.8 Å². The molecule has 1 aromatic rings. The summed E-state index contributed by atoms with van der Waals surface area (Å²) in [5, 5.41) is 5.44. The first-order valence-electron chi connectivity index (χ1n) is 5.45. The molecule has 0 amide bonds. The quantitative estimate of drug-likeness (QED) is 0.754. The Labute approximate surface area is 95.6 Å². The van der Waals surface area contributed by atoms with Crippen LogP contribution in [-0.4, -0.2) is 26.1 Å². The van der Waals surface area contributed by atoms with Crippen molar-refractivity contribution in [1.29, 1.82) is 0 Å². The monoisotopic (exact) mass is 228 g/mol. The molecule has 2 atom stereocenters. The van der Waals surface area contributed by atoms with Crippen molar-refractivity contribution in [1.82, 2.24) is 14.8 Å². The van der Waals surface area contributed by atoms with Crippen LogP contribution >= 0.6 is 11.8 Å². The fourth-order valence-electron chi connectivity index (χ4n) is 1.52. The van der Waals surface area contributed by atoms with E-state index in [0.717, 1.165) is 24.4 Å². The summed E-state index contributed by atoms with van der Waals surface area (Å²) in [5.41, 5.74) is 6.13. The predicted molar refractivity (Wildman–Crippen MR) is 63.8 cm³/mol. The molecule has 86 valence electrons. The van der Waals surface area contributed by atoms with Gasteiger partial charge >= 0.3 is 0 Å². The Morgan fingerprint density at radius 2 is 2.27 bits per heavy atom. The van der Waals surface area contributed by atoms with Crippen molar-refractivity contribution in [3.8, 4) is 0 Å². The summed E-state index contributed by atoms with van der Waals surface area (Å²) in [7, 11) is 1.91. The third-order valence-corrected chi connectivity index (χ3v) is 3.99. The molecule has 2 unspecified atom stereocenters. The first-order chi connectivity index (χ1) is 7.19. The Morgan fingerprint density at radius 1 is 1.53 bits per heavy atom. The standard InChI is InChI=1S/C10H20N4S/c1-4-6-8(11)9(5-2)15-10-12-7-13-14(10)3/h7-9H,4-6,11H2,1-3H3. The maximum absolute atomic E-state index is 6.13. The Kier molecular flexibility index (Phi) is 5.11. The first-order valence-corrected chi connectivity index (χ1v) is 6.33. The topological polar surface area (TPSA) is 56.7 Å². The van der Waals surface area contributed by atoms with Crippen LogP contribution in [0.2, 0.25) is 0 Å². The summed E-state index contributed by atoms with van der Waals surface area (Å²) < 4.78 is 1.80. The Hall–Kier alpha value is -0.550. The van der Waals surface area contributed by atoms with Crippen LogP contribution in [0.3, 0.4) is 0 Å². The molecule has 0 spiro atoms. The lowest BCUT2D eigenvalue weighted by Crippen LogP contribution is -2.32. The second kappa shape index (κ2) is 6.12. The van der Waals surface area contributed by atoms with E-state index in [0.29, 0.717) is 5.25 Å². The number of thioether (sulfide) groups is 1. The van der Waals surface area contributed by atoms with Crippen molar-refractivity contribution in [2.24, 2.45) is 12.8 Å². The van der Waals surface area contributed by atoms with E-state index in [4.69, 9.17) is 5.73 Å². The summed E-state index contributed by atoms with van der Waals surface area (Å²) in [6.45, 7) is 4.34.